The van der Waals surface area contributed by atoms with Crippen molar-refractivity contribution < 1.29 is 19.9 Å². The maximum Gasteiger partial charge on any atom is 0.407 e. The van der Waals surface area contributed by atoms with Crippen LogP contribution in [0.2, 0.25) is 0 Å². The van der Waals surface area contributed by atoms with Gasteiger partial charge in [-0.25, -0.2) is 10.3 Å². The van der Waals surface area contributed by atoms with Crippen LogP contribution in [0, 0.1) is 0 Å². The van der Waals surface area contributed by atoms with Crippen LogP contribution in [0.15, 0.2) is 54.6 Å². The molecule has 0 saturated carbocycles. The highest BCUT2D eigenvalue weighted by Gasteiger charge is 2.24. The summed E-state index contributed by atoms with van der Waals surface area (Å²) in [4.78, 5) is 26.7. The molecule has 0 aromatic heterocycles. The molecule has 1 atom stereocenters. The fourth-order valence-electron chi connectivity index (χ4n) is 3.24. The Bertz CT molecular complexity index is 756. The van der Waals surface area contributed by atoms with Gasteiger partial charge in [-0.1, -0.05) is 42.5 Å². The molecule has 1 unspecified atom stereocenters. The minimum atomic E-state index is -0.888. The van der Waals surface area contributed by atoms with E-state index in [1.165, 1.54) is 4.90 Å². The van der Waals surface area contributed by atoms with Gasteiger partial charge in [0.1, 0.15) is 0 Å². The molecule has 0 radical (unpaired) electrons. The number of piperazine rings is 1. The van der Waals surface area contributed by atoms with Gasteiger partial charge in [0.25, 0.3) is 5.91 Å². The second-order valence-corrected chi connectivity index (χ2v) is 6.17. The summed E-state index contributed by atoms with van der Waals surface area (Å²) in [5.74, 6) is -1.09. The van der Waals surface area contributed by atoms with Gasteiger partial charge in [-0.15, -0.1) is 0 Å². The van der Waals surface area contributed by atoms with Crippen LogP contribution in [0.25, 0.3) is 0 Å². The number of nitrogens with one attached hydrogen (secondary N) is 1. The first kappa shape index (κ1) is 17.8. The lowest BCUT2D eigenvalue weighted by Crippen LogP contribution is -2.48. The zero-order chi connectivity index (χ0) is 18.5. The van der Waals surface area contributed by atoms with E-state index in [2.05, 4.69) is 4.90 Å². The van der Waals surface area contributed by atoms with Gasteiger partial charge < -0.3 is 14.9 Å². The highest BCUT2D eigenvalue weighted by molar-refractivity contribution is 5.86. The summed E-state index contributed by atoms with van der Waals surface area (Å²) in [6.45, 7) is 2.20. The van der Waals surface area contributed by atoms with Gasteiger partial charge in [0.15, 0.2) is 0 Å². The Hall–Kier alpha value is -3.06. The van der Waals surface area contributed by atoms with Crippen LogP contribution in [-0.4, -0.2) is 53.4 Å². The van der Waals surface area contributed by atoms with Crippen LogP contribution in [0.4, 0.5) is 10.5 Å². The molecule has 7 heteroatoms. The predicted molar refractivity (Wildman–Crippen MR) is 96.5 cm³/mol. The number of hydrogen-bond donors (Lipinski definition) is 3. The Balaban J connectivity index is 1.77. The predicted octanol–water partition coefficient (Wildman–Crippen LogP) is 2.12. The topological polar surface area (TPSA) is 93.1 Å². The van der Waals surface area contributed by atoms with E-state index in [1.54, 1.807) is 5.48 Å². The molecule has 0 spiro atoms. The van der Waals surface area contributed by atoms with Crippen LogP contribution in [0.1, 0.15) is 17.0 Å². The standard InChI is InChI=1S/C19H21N3O4/c23-18(20-26)17(14-4-2-1-3-5-14)15-6-8-16(9-7-15)21-10-12-22(13-11-21)19(24)25/h1-9,17,26H,10-13H2,(H,20,23)(H,24,25). The summed E-state index contributed by atoms with van der Waals surface area (Å²) in [5.41, 5.74) is 4.29. The van der Waals surface area contributed by atoms with Gasteiger partial charge in [-0.05, 0) is 23.3 Å². The molecule has 3 rings (SSSR count). The molecule has 3 N–H and O–H groups in total. The largest absolute Gasteiger partial charge is 0.465 e. The molecule has 136 valence electrons. The minimum Gasteiger partial charge on any atom is -0.465 e. The number of benzene rings is 2. The molecule has 1 aliphatic rings. The molecule has 1 aliphatic heterocycles. The van der Waals surface area contributed by atoms with E-state index in [9.17, 15) is 9.59 Å². The van der Waals surface area contributed by atoms with Gasteiger partial charge in [0, 0.05) is 31.9 Å². The summed E-state index contributed by atoms with van der Waals surface area (Å²) >= 11 is 0. The highest BCUT2D eigenvalue weighted by Crippen LogP contribution is 2.27. The third-order valence-corrected chi connectivity index (χ3v) is 4.65. The average Bonchev–Trinajstić information content (AvgIpc) is 2.69. The quantitative estimate of drug-likeness (QED) is 0.577. The van der Waals surface area contributed by atoms with Crippen molar-refractivity contribution in [3.05, 3.63) is 65.7 Å². The first-order chi connectivity index (χ1) is 12.6. The molecule has 2 aromatic carbocycles. The summed E-state index contributed by atoms with van der Waals surface area (Å²) in [6, 6.07) is 16.8. The van der Waals surface area contributed by atoms with E-state index < -0.39 is 17.9 Å². The normalized spacial score (nSPS) is 15.4. The van der Waals surface area contributed by atoms with Crippen LogP contribution in [-0.2, 0) is 4.79 Å². The van der Waals surface area contributed by atoms with Gasteiger partial charge in [0.2, 0.25) is 0 Å². The van der Waals surface area contributed by atoms with E-state index in [0.29, 0.717) is 26.2 Å². The lowest BCUT2D eigenvalue weighted by Gasteiger charge is -2.34. The lowest BCUT2D eigenvalue weighted by atomic mass is 9.90. The van der Waals surface area contributed by atoms with Crippen molar-refractivity contribution in [3.63, 3.8) is 0 Å². The Morgan fingerprint density at radius 1 is 0.885 bits per heavy atom. The maximum atomic E-state index is 12.2. The molecule has 26 heavy (non-hydrogen) atoms. The van der Waals surface area contributed by atoms with Crippen LogP contribution in [0.3, 0.4) is 0 Å². The number of amides is 2. The van der Waals surface area contributed by atoms with Gasteiger partial charge in [0.05, 0.1) is 5.92 Å². The summed E-state index contributed by atoms with van der Waals surface area (Å²) in [6.07, 6.45) is -0.888. The van der Waals surface area contributed by atoms with Crippen molar-refractivity contribution in [1.82, 2.24) is 10.4 Å². The monoisotopic (exact) mass is 355 g/mol. The highest BCUT2D eigenvalue weighted by atomic mass is 16.5. The Kier molecular flexibility index (Phi) is 5.38. The number of carbonyl (C=O) groups is 2. The van der Waals surface area contributed by atoms with Gasteiger partial charge in [-0.3, -0.25) is 10.0 Å². The zero-order valence-electron chi connectivity index (χ0n) is 14.2. The van der Waals surface area contributed by atoms with Gasteiger partial charge in [-0.2, -0.15) is 0 Å². The van der Waals surface area contributed by atoms with Crippen molar-refractivity contribution in [2.24, 2.45) is 0 Å². The molecule has 2 amide bonds. The molecule has 1 fully saturated rings. The van der Waals surface area contributed by atoms with E-state index in [4.69, 9.17) is 10.3 Å². The van der Waals surface area contributed by atoms with E-state index in [1.807, 2.05) is 54.6 Å². The van der Waals surface area contributed by atoms with Crippen LogP contribution >= 0.6 is 0 Å². The smallest absolute Gasteiger partial charge is 0.407 e. The van der Waals surface area contributed by atoms with Crippen LogP contribution < -0.4 is 10.4 Å². The van der Waals surface area contributed by atoms with Crippen molar-refractivity contribution in [3.8, 4) is 0 Å². The molecule has 7 nitrogen and oxygen atoms in total. The van der Waals surface area contributed by atoms with Gasteiger partial charge >= 0.3 is 6.09 Å². The van der Waals surface area contributed by atoms with Crippen molar-refractivity contribution in [2.45, 2.75) is 5.92 Å². The van der Waals surface area contributed by atoms with E-state index in [-0.39, 0.29) is 0 Å². The second-order valence-electron chi connectivity index (χ2n) is 6.17. The number of anilines is 1. The molecule has 1 heterocycles. The maximum absolute atomic E-state index is 12.2. The number of carboxylic acid groups (broad SMARTS) is 1. The fourth-order valence-corrected chi connectivity index (χ4v) is 3.24. The van der Waals surface area contributed by atoms with Crippen LogP contribution in [0.5, 0.6) is 0 Å². The van der Waals surface area contributed by atoms with Crippen molar-refractivity contribution in [2.75, 3.05) is 31.1 Å². The van der Waals surface area contributed by atoms with Crippen molar-refractivity contribution in [1.29, 1.82) is 0 Å². The molecule has 0 bridgehead atoms. The second kappa shape index (κ2) is 7.88. The third kappa shape index (κ3) is 3.78. The Morgan fingerprint density at radius 2 is 1.46 bits per heavy atom. The molecule has 2 aromatic rings. The Labute approximate surface area is 151 Å². The fraction of sp³-hybridized carbons (Fsp3) is 0.263. The summed E-state index contributed by atoms with van der Waals surface area (Å²) in [7, 11) is 0. The third-order valence-electron chi connectivity index (χ3n) is 4.65. The lowest BCUT2D eigenvalue weighted by molar-refractivity contribution is -0.129. The molecule has 1 saturated heterocycles. The number of hydroxylamine groups is 1. The Morgan fingerprint density at radius 3 is 2.00 bits per heavy atom. The summed E-state index contributed by atoms with van der Waals surface area (Å²) in [5, 5.41) is 18.1. The molecular weight excluding hydrogens is 334 g/mol. The zero-order valence-corrected chi connectivity index (χ0v) is 14.2. The van der Waals surface area contributed by atoms with Crippen molar-refractivity contribution >= 4 is 17.7 Å². The minimum absolute atomic E-state index is 0.469. The SMILES string of the molecule is O=C(NO)C(c1ccccc1)c1ccc(N2CCN(C(=O)O)CC2)cc1. The number of hydrogen-bond acceptors (Lipinski definition) is 4. The first-order valence-electron chi connectivity index (χ1n) is 8.42. The summed E-state index contributed by atoms with van der Waals surface area (Å²) < 4.78 is 0. The number of nitrogens with zero attached hydrogens (tertiary/aromatic N) is 2. The van der Waals surface area contributed by atoms with E-state index >= 15 is 0 Å². The molecular formula is C19H21N3O4. The first-order valence-corrected chi connectivity index (χ1v) is 8.42. The number of rotatable bonds is 4. The van der Waals surface area contributed by atoms with E-state index in [0.717, 1.165) is 16.8 Å². The number of carbonyl (C=O) groups excluding carboxylic acids is 1. The average molecular weight is 355 g/mol. The molecule has 0 aliphatic carbocycles.